The van der Waals surface area contributed by atoms with E-state index in [1.165, 1.54) is 0 Å². The van der Waals surface area contributed by atoms with Crippen LogP contribution in [0.15, 0.2) is 18.2 Å². The molecule has 0 fully saturated rings. The molecular formula is C15H21NO4. The van der Waals surface area contributed by atoms with Gasteiger partial charge in [0.15, 0.2) is 6.61 Å². The van der Waals surface area contributed by atoms with Gasteiger partial charge in [-0.3, -0.25) is 4.79 Å². The largest absolute Gasteiger partial charge is 0.482 e. The topological polar surface area (TPSA) is 75.6 Å². The van der Waals surface area contributed by atoms with E-state index in [2.05, 4.69) is 5.32 Å². The van der Waals surface area contributed by atoms with Gasteiger partial charge in [0.25, 0.3) is 0 Å². The van der Waals surface area contributed by atoms with Crippen molar-refractivity contribution in [3.8, 4) is 5.75 Å². The van der Waals surface area contributed by atoms with E-state index < -0.39 is 5.97 Å². The van der Waals surface area contributed by atoms with Crippen LogP contribution in [-0.2, 0) is 9.59 Å². The zero-order valence-corrected chi connectivity index (χ0v) is 12.1. The number of carboxylic acids is 1. The number of carbonyl (C=O) groups excluding carboxylic acids is 1. The van der Waals surface area contributed by atoms with Gasteiger partial charge in [-0.1, -0.05) is 20.3 Å². The molecule has 0 saturated heterocycles. The van der Waals surface area contributed by atoms with E-state index >= 15 is 0 Å². The van der Waals surface area contributed by atoms with Gasteiger partial charge < -0.3 is 15.2 Å². The Morgan fingerprint density at radius 1 is 1.40 bits per heavy atom. The van der Waals surface area contributed by atoms with Crippen molar-refractivity contribution in [2.24, 2.45) is 5.92 Å². The van der Waals surface area contributed by atoms with Crippen molar-refractivity contribution in [2.45, 2.75) is 33.6 Å². The Bertz CT molecular complexity index is 485. The molecule has 0 saturated carbocycles. The maximum Gasteiger partial charge on any atom is 0.341 e. The first-order valence-electron chi connectivity index (χ1n) is 6.70. The summed E-state index contributed by atoms with van der Waals surface area (Å²) in [5, 5.41) is 11.4. The highest BCUT2D eigenvalue weighted by Crippen LogP contribution is 2.22. The van der Waals surface area contributed by atoms with E-state index in [0.717, 1.165) is 24.1 Å². The highest BCUT2D eigenvalue weighted by Gasteiger charge is 2.13. The molecule has 0 spiro atoms. The third-order valence-corrected chi connectivity index (χ3v) is 2.99. The molecule has 1 rings (SSSR count). The van der Waals surface area contributed by atoms with Crippen molar-refractivity contribution in [3.05, 3.63) is 23.8 Å². The van der Waals surface area contributed by atoms with Crippen LogP contribution >= 0.6 is 0 Å². The van der Waals surface area contributed by atoms with Crippen LogP contribution in [0.5, 0.6) is 5.75 Å². The number of rotatable bonds is 7. The van der Waals surface area contributed by atoms with E-state index in [1.807, 2.05) is 20.8 Å². The highest BCUT2D eigenvalue weighted by atomic mass is 16.5. The minimum absolute atomic E-state index is 0.00541. The Hall–Kier alpha value is -2.04. The van der Waals surface area contributed by atoms with Gasteiger partial charge >= 0.3 is 5.97 Å². The predicted molar refractivity (Wildman–Crippen MR) is 77.0 cm³/mol. The Morgan fingerprint density at radius 3 is 2.65 bits per heavy atom. The van der Waals surface area contributed by atoms with Crippen LogP contribution in [0.2, 0.25) is 0 Å². The summed E-state index contributed by atoms with van der Waals surface area (Å²) in [6.07, 6.45) is 1.82. The number of ether oxygens (including phenoxy) is 1. The van der Waals surface area contributed by atoms with Crippen LogP contribution in [0.1, 0.15) is 32.3 Å². The lowest BCUT2D eigenvalue weighted by molar-refractivity contribution is -0.139. The molecule has 0 radical (unpaired) electrons. The molecule has 2 N–H and O–H groups in total. The van der Waals surface area contributed by atoms with Crippen LogP contribution in [0.4, 0.5) is 5.69 Å². The molecule has 1 aromatic carbocycles. The molecule has 5 nitrogen and oxygen atoms in total. The number of hydrogen-bond acceptors (Lipinski definition) is 3. The summed E-state index contributed by atoms with van der Waals surface area (Å²) in [6, 6.07) is 5.09. The third-order valence-electron chi connectivity index (χ3n) is 2.99. The second kappa shape index (κ2) is 7.53. The van der Waals surface area contributed by atoms with E-state index in [9.17, 15) is 9.59 Å². The number of carbonyl (C=O) groups is 2. The molecule has 0 heterocycles. The fraction of sp³-hybridized carbons (Fsp3) is 0.467. The number of nitrogens with one attached hydrogen (secondary N) is 1. The van der Waals surface area contributed by atoms with Crippen molar-refractivity contribution in [3.63, 3.8) is 0 Å². The molecular weight excluding hydrogens is 258 g/mol. The van der Waals surface area contributed by atoms with E-state index in [0.29, 0.717) is 5.75 Å². The van der Waals surface area contributed by atoms with Crippen LogP contribution in [0.3, 0.4) is 0 Å². The van der Waals surface area contributed by atoms with Gasteiger partial charge in [-0.2, -0.15) is 0 Å². The predicted octanol–water partition coefficient (Wildman–Crippen LogP) is 2.83. The Kier molecular flexibility index (Phi) is 6.03. The number of carboxylic acid groups (broad SMARTS) is 1. The quantitative estimate of drug-likeness (QED) is 0.804. The maximum atomic E-state index is 11.9. The summed E-state index contributed by atoms with van der Waals surface area (Å²) in [5.74, 6) is -0.575. The normalized spacial score (nSPS) is 11.8. The SMILES string of the molecule is CCCC(C)C(=O)Nc1ccc(OCC(=O)O)cc1C. The molecule has 1 amide bonds. The minimum atomic E-state index is -1.02. The number of hydrogen-bond donors (Lipinski definition) is 2. The molecule has 0 aliphatic carbocycles. The van der Waals surface area contributed by atoms with Gasteiger partial charge in [0.05, 0.1) is 0 Å². The van der Waals surface area contributed by atoms with Crippen molar-refractivity contribution >= 4 is 17.6 Å². The molecule has 20 heavy (non-hydrogen) atoms. The Balaban J connectivity index is 2.68. The van der Waals surface area contributed by atoms with Crippen LogP contribution < -0.4 is 10.1 Å². The van der Waals surface area contributed by atoms with Crippen molar-refractivity contribution in [1.82, 2.24) is 0 Å². The number of aliphatic carboxylic acids is 1. The number of aryl methyl sites for hydroxylation is 1. The number of benzene rings is 1. The Labute approximate surface area is 118 Å². The number of amides is 1. The Morgan fingerprint density at radius 2 is 2.10 bits per heavy atom. The summed E-state index contributed by atoms with van der Waals surface area (Å²) < 4.78 is 5.08. The second-order valence-corrected chi connectivity index (χ2v) is 4.84. The fourth-order valence-electron chi connectivity index (χ4n) is 1.83. The molecule has 0 aromatic heterocycles. The molecule has 110 valence electrons. The zero-order chi connectivity index (χ0) is 15.1. The fourth-order valence-corrected chi connectivity index (χ4v) is 1.83. The van der Waals surface area contributed by atoms with E-state index in [-0.39, 0.29) is 18.4 Å². The molecule has 0 aliphatic heterocycles. The highest BCUT2D eigenvalue weighted by molar-refractivity contribution is 5.93. The van der Waals surface area contributed by atoms with Gasteiger partial charge in [-0.25, -0.2) is 4.79 Å². The first-order chi connectivity index (χ1) is 9.43. The average Bonchev–Trinajstić information content (AvgIpc) is 2.39. The average molecular weight is 279 g/mol. The first kappa shape index (κ1) is 16.0. The summed E-state index contributed by atoms with van der Waals surface area (Å²) in [6.45, 7) is 5.41. The minimum Gasteiger partial charge on any atom is -0.482 e. The molecule has 0 bridgehead atoms. The van der Waals surface area contributed by atoms with Gasteiger partial charge in [-0.05, 0) is 37.1 Å². The van der Waals surface area contributed by atoms with Crippen LogP contribution in [0, 0.1) is 12.8 Å². The first-order valence-corrected chi connectivity index (χ1v) is 6.70. The van der Waals surface area contributed by atoms with Crippen molar-refractivity contribution in [1.29, 1.82) is 0 Å². The van der Waals surface area contributed by atoms with Gasteiger partial charge in [0.2, 0.25) is 5.91 Å². The lowest BCUT2D eigenvalue weighted by Crippen LogP contribution is -2.20. The second-order valence-electron chi connectivity index (χ2n) is 4.84. The van der Waals surface area contributed by atoms with Gasteiger partial charge in [0.1, 0.15) is 5.75 Å². The molecule has 1 atom stereocenters. The molecule has 5 heteroatoms. The summed E-state index contributed by atoms with van der Waals surface area (Å²) in [5.41, 5.74) is 1.56. The smallest absolute Gasteiger partial charge is 0.341 e. The van der Waals surface area contributed by atoms with E-state index in [4.69, 9.17) is 9.84 Å². The molecule has 1 unspecified atom stereocenters. The van der Waals surface area contributed by atoms with Gasteiger partial charge in [-0.15, -0.1) is 0 Å². The summed E-state index contributed by atoms with van der Waals surface area (Å²) in [4.78, 5) is 22.4. The standard InChI is InChI=1S/C15H21NO4/c1-4-5-10(2)15(19)16-13-7-6-12(8-11(13)3)20-9-14(17)18/h6-8,10H,4-5,9H2,1-3H3,(H,16,19)(H,17,18). The van der Waals surface area contributed by atoms with Crippen molar-refractivity contribution < 1.29 is 19.4 Å². The summed E-state index contributed by atoms with van der Waals surface area (Å²) >= 11 is 0. The van der Waals surface area contributed by atoms with Gasteiger partial charge in [0, 0.05) is 11.6 Å². The number of anilines is 1. The third kappa shape index (κ3) is 4.91. The molecule has 0 aliphatic rings. The monoisotopic (exact) mass is 279 g/mol. The molecule has 1 aromatic rings. The zero-order valence-electron chi connectivity index (χ0n) is 12.1. The van der Waals surface area contributed by atoms with Crippen molar-refractivity contribution in [2.75, 3.05) is 11.9 Å². The summed E-state index contributed by atoms with van der Waals surface area (Å²) in [7, 11) is 0. The lowest BCUT2D eigenvalue weighted by atomic mass is 10.1. The maximum absolute atomic E-state index is 11.9. The lowest BCUT2D eigenvalue weighted by Gasteiger charge is -2.14. The van der Waals surface area contributed by atoms with E-state index in [1.54, 1.807) is 18.2 Å². The van der Waals surface area contributed by atoms with Crippen LogP contribution in [-0.4, -0.2) is 23.6 Å². The van der Waals surface area contributed by atoms with Crippen LogP contribution in [0.25, 0.3) is 0 Å².